The molecular formula is C26H34F6N6O5S. The predicted octanol–water partition coefficient (Wildman–Crippen LogP) is 4.37. The summed E-state index contributed by atoms with van der Waals surface area (Å²) in [6, 6.07) is 10.2. The van der Waals surface area contributed by atoms with Crippen LogP contribution in [0.15, 0.2) is 35.3 Å². The molecule has 44 heavy (non-hydrogen) atoms. The fourth-order valence-corrected chi connectivity index (χ4v) is 4.71. The molecule has 0 radical (unpaired) electrons. The highest BCUT2D eigenvalue weighted by molar-refractivity contribution is 7.15. The average molecular weight is 657 g/mol. The zero-order chi connectivity index (χ0) is 33.5. The number of carbonyl (C=O) groups excluding carboxylic acids is 1. The Morgan fingerprint density at radius 3 is 2.20 bits per heavy atom. The monoisotopic (exact) mass is 656 g/mol. The Labute approximate surface area is 252 Å². The molecule has 1 aliphatic carbocycles. The van der Waals surface area contributed by atoms with Crippen molar-refractivity contribution in [2.75, 3.05) is 18.8 Å². The first-order valence-electron chi connectivity index (χ1n) is 13.1. The minimum Gasteiger partial charge on any atom is -0.475 e. The first-order chi connectivity index (χ1) is 20.4. The van der Waals surface area contributed by atoms with E-state index in [0.717, 1.165) is 44.2 Å². The van der Waals surface area contributed by atoms with Crippen LogP contribution in [0.3, 0.4) is 0 Å². The topological polar surface area (TPSA) is 193 Å². The number of anilines is 1. The molecule has 2 atom stereocenters. The second-order valence-corrected chi connectivity index (χ2v) is 10.8. The van der Waals surface area contributed by atoms with E-state index in [-0.39, 0.29) is 12.0 Å². The van der Waals surface area contributed by atoms with Crippen LogP contribution >= 0.6 is 11.3 Å². The number of benzene rings is 1. The number of hydrogen-bond acceptors (Lipinski definition) is 7. The van der Waals surface area contributed by atoms with Crippen LogP contribution in [0.25, 0.3) is 0 Å². The van der Waals surface area contributed by atoms with Gasteiger partial charge in [-0.25, -0.2) is 19.4 Å². The van der Waals surface area contributed by atoms with Gasteiger partial charge < -0.3 is 27.0 Å². The molecule has 1 aromatic heterocycles. The van der Waals surface area contributed by atoms with E-state index in [2.05, 4.69) is 51.8 Å². The molecule has 1 aromatic carbocycles. The number of aromatic nitrogens is 1. The predicted molar refractivity (Wildman–Crippen MR) is 151 cm³/mol. The molecule has 0 saturated heterocycles. The van der Waals surface area contributed by atoms with E-state index >= 15 is 0 Å². The number of nitrogen functional groups attached to an aromatic ring is 1. The molecule has 1 heterocycles. The van der Waals surface area contributed by atoms with Crippen molar-refractivity contribution in [3.63, 3.8) is 0 Å². The number of nitrogens with zero attached hydrogens (tertiary/aromatic N) is 2. The van der Waals surface area contributed by atoms with Crippen molar-refractivity contribution in [2.24, 2.45) is 22.6 Å². The second kappa shape index (κ2) is 17.9. The number of carbonyl (C=O) groups is 3. The Balaban J connectivity index is 0.000000574. The van der Waals surface area contributed by atoms with Gasteiger partial charge in [-0.2, -0.15) is 26.3 Å². The number of fused-ring (bicyclic) bond motifs is 1. The summed E-state index contributed by atoms with van der Waals surface area (Å²) in [5.74, 6) is -4.54. The van der Waals surface area contributed by atoms with Crippen molar-refractivity contribution in [3.05, 3.63) is 46.5 Å². The summed E-state index contributed by atoms with van der Waals surface area (Å²) in [5.41, 5.74) is 14.2. The van der Waals surface area contributed by atoms with Crippen molar-refractivity contribution in [2.45, 2.75) is 57.8 Å². The zero-order valence-corrected chi connectivity index (χ0v) is 24.4. The van der Waals surface area contributed by atoms with Crippen LogP contribution in [-0.4, -0.2) is 64.6 Å². The van der Waals surface area contributed by atoms with Gasteiger partial charge >= 0.3 is 30.3 Å². The molecule has 246 valence electrons. The van der Waals surface area contributed by atoms with Crippen LogP contribution in [0.2, 0.25) is 0 Å². The van der Waals surface area contributed by atoms with Crippen molar-refractivity contribution in [3.8, 4) is 0 Å². The first-order valence-corrected chi connectivity index (χ1v) is 13.9. The van der Waals surface area contributed by atoms with Crippen molar-refractivity contribution in [1.82, 2.24) is 15.6 Å². The summed E-state index contributed by atoms with van der Waals surface area (Å²) in [7, 11) is 0. The van der Waals surface area contributed by atoms with Gasteiger partial charge in [-0.05, 0) is 55.9 Å². The normalized spacial score (nSPS) is 15.3. The highest BCUT2D eigenvalue weighted by Gasteiger charge is 2.38. The highest BCUT2D eigenvalue weighted by atomic mass is 32.1. The van der Waals surface area contributed by atoms with Gasteiger partial charge in [-0.3, -0.25) is 10.3 Å². The number of nitrogens with two attached hydrogens (primary N) is 2. The van der Waals surface area contributed by atoms with Crippen LogP contribution in [-0.2, 0) is 28.9 Å². The summed E-state index contributed by atoms with van der Waals surface area (Å²) in [6.45, 7) is 3.36. The van der Waals surface area contributed by atoms with Crippen molar-refractivity contribution in [1.29, 1.82) is 0 Å². The highest BCUT2D eigenvalue weighted by Crippen LogP contribution is 2.31. The molecule has 2 amide bonds. The number of amides is 2. The second-order valence-electron chi connectivity index (χ2n) is 9.68. The van der Waals surface area contributed by atoms with Gasteiger partial charge in [0.05, 0.1) is 5.69 Å². The molecule has 0 fully saturated rings. The number of nitrogens with one attached hydrogen (secondary N) is 2. The lowest BCUT2D eigenvalue weighted by atomic mass is 9.91. The molecule has 11 nitrogen and oxygen atoms in total. The molecule has 0 bridgehead atoms. The molecule has 2 unspecified atom stereocenters. The van der Waals surface area contributed by atoms with E-state index in [9.17, 15) is 31.1 Å². The molecule has 1 aliphatic rings. The fraction of sp³-hybridized carbons (Fsp3) is 0.500. The minimum absolute atomic E-state index is 0.166. The number of halogens is 6. The van der Waals surface area contributed by atoms with Gasteiger partial charge in [-0.15, -0.1) is 11.3 Å². The maximum atomic E-state index is 12.1. The lowest BCUT2D eigenvalue weighted by Crippen LogP contribution is -2.44. The number of urea groups is 1. The molecule has 0 spiro atoms. The molecule has 3 rings (SSSR count). The summed E-state index contributed by atoms with van der Waals surface area (Å²) in [5, 5.41) is 20.4. The largest absolute Gasteiger partial charge is 0.490 e. The quantitative estimate of drug-likeness (QED) is 0.137. The third-order valence-electron chi connectivity index (χ3n) is 5.92. The van der Waals surface area contributed by atoms with E-state index in [4.69, 9.17) is 31.3 Å². The SMILES string of the molecule is CC(CCCc1ccccc1)CNC(=O)NC(N)=NCC1CCc2nc(N)sc2C1.O=C(O)C(F)(F)F.O=C(O)C(F)(F)F. The molecule has 0 saturated carbocycles. The van der Waals surface area contributed by atoms with E-state index in [0.29, 0.717) is 30.1 Å². The van der Waals surface area contributed by atoms with Gasteiger partial charge in [0, 0.05) is 18.0 Å². The Hall–Kier alpha value is -4.09. The fourth-order valence-electron chi connectivity index (χ4n) is 3.71. The number of hydrogen-bond donors (Lipinski definition) is 6. The number of carboxylic acids is 2. The van der Waals surface area contributed by atoms with E-state index < -0.39 is 24.3 Å². The Morgan fingerprint density at radius 1 is 1.09 bits per heavy atom. The van der Waals surface area contributed by atoms with E-state index in [1.54, 1.807) is 11.3 Å². The van der Waals surface area contributed by atoms with Crippen LogP contribution in [0.1, 0.15) is 42.3 Å². The van der Waals surface area contributed by atoms with Crippen LogP contribution in [0.4, 0.5) is 36.3 Å². The van der Waals surface area contributed by atoms with Crippen molar-refractivity contribution >= 4 is 40.4 Å². The van der Waals surface area contributed by atoms with E-state index in [1.165, 1.54) is 10.4 Å². The number of aliphatic carboxylic acids is 2. The van der Waals surface area contributed by atoms with Crippen LogP contribution < -0.4 is 22.1 Å². The third-order valence-corrected chi connectivity index (χ3v) is 6.87. The van der Waals surface area contributed by atoms with Crippen LogP contribution in [0, 0.1) is 11.8 Å². The van der Waals surface area contributed by atoms with Gasteiger partial charge in [0.15, 0.2) is 11.1 Å². The number of carboxylic acid groups (broad SMARTS) is 2. The smallest absolute Gasteiger partial charge is 0.475 e. The molecular weight excluding hydrogens is 622 g/mol. The standard InChI is InChI=1S/C22H32N6OS.2C2HF3O2/c1-15(6-5-9-16-7-3-2-4-8-16)13-26-22(29)28-20(23)25-14-17-10-11-18-19(12-17)30-21(24)27-18;2*3-2(4,5)1(6)7/h2-4,7-8,15,17H,5-6,9-14H2,1H3,(H2,24,27)(H4,23,25,26,28,29);2*(H,6,7). The number of aliphatic imine (C=N–C) groups is 1. The lowest BCUT2D eigenvalue weighted by Gasteiger charge is -2.19. The Morgan fingerprint density at radius 2 is 1.66 bits per heavy atom. The van der Waals surface area contributed by atoms with E-state index in [1.807, 2.05) is 6.07 Å². The molecule has 2 aromatic rings. The summed E-state index contributed by atoms with van der Waals surface area (Å²) in [6.07, 6.45) is -4.07. The number of aryl methyl sites for hydroxylation is 2. The molecule has 8 N–H and O–H groups in total. The van der Waals surface area contributed by atoms with Gasteiger partial charge in [0.2, 0.25) is 0 Å². The minimum atomic E-state index is -5.08. The Kier molecular flexibility index (Phi) is 15.4. The molecule has 18 heteroatoms. The first kappa shape index (κ1) is 37.9. The number of guanidine groups is 1. The zero-order valence-electron chi connectivity index (χ0n) is 23.5. The average Bonchev–Trinajstić information content (AvgIpc) is 3.30. The van der Waals surface area contributed by atoms with Gasteiger partial charge in [0.25, 0.3) is 0 Å². The number of thiazole rings is 1. The number of alkyl halides is 6. The van der Waals surface area contributed by atoms with Crippen LogP contribution in [0.5, 0.6) is 0 Å². The maximum absolute atomic E-state index is 12.1. The molecule has 0 aliphatic heterocycles. The van der Waals surface area contributed by atoms with Crippen molar-refractivity contribution < 1.29 is 50.9 Å². The maximum Gasteiger partial charge on any atom is 0.490 e. The lowest BCUT2D eigenvalue weighted by molar-refractivity contribution is -0.193. The third kappa shape index (κ3) is 15.9. The van der Waals surface area contributed by atoms with Gasteiger partial charge in [0.1, 0.15) is 0 Å². The Bertz CT molecular complexity index is 1220. The summed E-state index contributed by atoms with van der Waals surface area (Å²) in [4.78, 5) is 39.8. The number of rotatable bonds is 8. The van der Waals surface area contributed by atoms with Gasteiger partial charge in [-0.1, -0.05) is 37.3 Å². The summed E-state index contributed by atoms with van der Waals surface area (Å²) >= 11 is 1.56. The summed E-state index contributed by atoms with van der Waals surface area (Å²) < 4.78 is 63.5.